The SMILES string of the molecule is CC(NCc1ccc(Br)cc1)c1cc(Cl)sc1Cl. The Labute approximate surface area is 129 Å². The smallest absolute Gasteiger partial charge is 0.0991 e. The fraction of sp³-hybridized carbons (Fsp3) is 0.231. The van der Waals surface area contributed by atoms with E-state index in [2.05, 4.69) is 40.3 Å². The van der Waals surface area contributed by atoms with Gasteiger partial charge in [0.05, 0.1) is 8.67 Å². The van der Waals surface area contributed by atoms with Crippen LogP contribution >= 0.6 is 50.5 Å². The average molecular weight is 365 g/mol. The molecule has 2 aromatic rings. The Morgan fingerprint density at radius 1 is 1.28 bits per heavy atom. The second-order valence-electron chi connectivity index (χ2n) is 4.01. The summed E-state index contributed by atoms with van der Waals surface area (Å²) in [5, 5.41) is 3.44. The quantitative estimate of drug-likeness (QED) is 0.737. The molecule has 0 bridgehead atoms. The predicted octanol–water partition coefficient (Wildman–Crippen LogP) is 5.67. The van der Waals surface area contributed by atoms with Crippen molar-refractivity contribution in [2.24, 2.45) is 0 Å². The molecule has 1 nitrogen and oxygen atoms in total. The normalized spacial score (nSPS) is 12.7. The summed E-state index contributed by atoms with van der Waals surface area (Å²) in [6, 6.07) is 10.4. The van der Waals surface area contributed by atoms with Crippen molar-refractivity contribution in [3.8, 4) is 0 Å². The fourth-order valence-corrected chi connectivity index (χ4v) is 3.54. The zero-order valence-electron chi connectivity index (χ0n) is 9.71. The Bertz CT molecular complexity index is 524. The molecule has 18 heavy (non-hydrogen) atoms. The summed E-state index contributed by atoms with van der Waals surface area (Å²) in [7, 11) is 0. The minimum atomic E-state index is 0.185. The van der Waals surface area contributed by atoms with Gasteiger partial charge in [0, 0.05) is 17.1 Å². The number of halogens is 3. The van der Waals surface area contributed by atoms with E-state index in [1.54, 1.807) is 0 Å². The third kappa shape index (κ3) is 3.72. The second-order valence-corrected chi connectivity index (χ2v) is 7.21. The molecular weight excluding hydrogens is 353 g/mol. The lowest BCUT2D eigenvalue weighted by atomic mass is 10.1. The molecule has 0 saturated carbocycles. The van der Waals surface area contributed by atoms with Gasteiger partial charge < -0.3 is 5.32 Å². The maximum absolute atomic E-state index is 6.13. The van der Waals surface area contributed by atoms with E-state index in [9.17, 15) is 0 Å². The number of nitrogens with one attached hydrogen (secondary N) is 1. The molecule has 1 heterocycles. The standard InChI is InChI=1S/C13H12BrCl2NS/c1-8(11-6-12(15)18-13(11)16)17-7-9-2-4-10(14)5-3-9/h2-6,8,17H,7H2,1H3. The first kappa shape index (κ1) is 14.4. The zero-order chi connectivity index (χ0) is 13.1. The molecule has 0 aliphatic carbocycles. The monoisotopic (exact) mass is 363 g/mol. The van der Waals surface area contributed by atoms with Crippen LogP contribution in [0.4, 0.5) is 0 Å². The van der Waals surface area contributed by atoms with Crippen LogP contribution in [-0.2, 0) is 6.54 Å². The lowest BCUT2D eigenvalue weighted by Crippen LogP contribution is -2.17. The van der Waals surface area contributed by atoms with Gasteiger partial charge in [0.1, 0.15) is 0 Å². The van der Waals surface area contributed by atoms with Gasteiger partial charge in [0.25, 0.3) is 0 Å². The van der Waals surface area contributed by atoms with E-state index in [0.29, 0.717) is 0 Å². The van der Waals surface area contributed by atoms with E-state index in [1.807, 2.05) is 18.2 Å². The minimum Gasteiger partial charge on any atom is -0.306 e. The fourth-order valence-electron chi connectivity index (χ4n) is 1.63. The van der Waals surface area contributed by atoms with Crippen LogP contribution in [0, 0.1) is 0 Å². The number of benzene rings is 1. The molecule has 0 saturated heterocycles. The molecule has 1 N–H and O–H groups in total. The van der Waals surface area contributed by atoms with E-state index >= 15 is 0 Å². The summed E-state index contributed by atoms with van der Waals surface area (Å²) >= 11 is 16.9. The van der Waals surface area contributed by atoms with E-state index in [4.69, 9.17) is 23.2 Å². The van der Waals surface area contributed by atoms with Crippen molar-refractivity contribution in [2.75, 3.05) is 0 Å². The third-order valence-electron chi connectivity index (χ3n) is 2.68. The van der Waals surface area contributed by atoms with Gasteiger partial charge in [-0.2, -0.15) is 0 Å². The summed E-state index contributed by atoms with van der Waals surface area (Å²) in [5.41, 5.74) is 2.30. The summed E-state index contributed by atoms with van der Waals surface area (Å²) in [6.07, 6.45) is 0. The maximum atomic E-state index is 6.13. The molecule has 1 aromatic carbocycles. The van der Waals surface area contributed by atoms with Gasteiger partial charge in [-0.25, -0.2) is 0 Å². The highest BCUT2D eigenvalue weighted by Gasteiger charge is 2.12. The summed E-state index contributed by atoms with van der Waals surface area (Å²) in [4.78, 5) is 0. The van der Waals surface area contributed by atoms with Crippen molar-refractivity contribution in [1.29, 1.82) is 0 Å². The van der Waals surface area contributed by atoms with Crippen molar-refractivity contribution < 1.29 is 0 Å². The highest BCUT2D eigenvalue weighted by molar-refractivity contribution is 9.10. The largest absolute Gasteiger partial charge is 0.306 e. The summed E-state index contributed by atoms with van der Waals surface area (Å²) < 4.78 is 2.58. The van der Waals surface area contributed by atoms with Gasteiger partial charge in [-0.05, 0) is 36.2 Å². The van der Waals surface area contributed by atoms with E-state index < -0.39 is 0 Å². The van der Waals surface area contributed by atoms with Gasteiger partial charge in [-0.3, -0.25) is 0 Å². The number of hydrogen-bond donors (Lipinski definition) is 1. The van der Waals surface area contributed by atoms with Crippen molar-refractivity contribution in [3.63, 3.8) is 0 Å². The van der Waals surface area contributed by atoms with Gasteiger partial charge >= 0.3 is 0 Å². The van der Waals surface area contributed by atoms with Crippen LogP contribution in [-0.4, -0.2) is 0 Å². The highest BCUT2D eigenvalue weighted by atomic mass is 79.9. The first-order valence-electron chi connectivity index (χ1n) is 5.49. The average Bonchev–Trinajstić information content (AvgIpc) is 2.67. The third-order valence-corrected chi connectivity index (χ3v) is 4.72. The van der Waals surface area contributed by atoms with Crippen LogP contribution in [0.1, 0.15) is 24.1 Å². The molecule has 0 amide bonds. The van der Waals surface area contributed by atoms with E-state index in [1.165, 1.54) is 16.9 Å². The Kier molecular flexibility index (Phi) is 5.10. The topological polar surface area (TPSA) is 12.0 Å². The van der Waals surface area contributed by atoms with E-state index in [0.717, 1.165) is 25.3 Å². The minimum absolute atomic E-state index is 0.185. The van der Waals surface area contributed by atoms with Gasteiger partial charge in [0.15, 0.2) is 0 Å². The number of hydrogen-bond acceptors (Lipinski definition) is 2. The highest BCUT2D eigenvalue weighted by Crippen LogP contribution is 2.34. The van der Waals surface area contributed by atoms with Crippen molar-refractivity contribution in [1.82, 2.24) is 5.32 Å². The summed E-state index contributed by atoms with van der Waals surface area (Å²) in [6.45, 7) is 2.89. The lowest BCUT2D eigenvalue weighted by molar-refractivity contribution is 0.576. The molecule has 2 rings (SSSR count). The molecule has 5 heteroatoms. The van der Waals surface area contributed by atoms with Gasteiger partial charge in [0.2, 0.25) is 0 Å². The van der Waals surface area contributed by atoms with Crippen LogP contribution in [0.25, 0.3) is 0 Å². The number of rotatable bonds is 4. The van der Waals surface area contributed by atoms with Crippen LogP contribution in [0.5, 0.6) is 0 Å². The van der Waals surface area contributed by atoms with Crippen LogP contribution in [0.15, 0.2) is 34.8 Å². The number of thiophene rings is 1. The van der Waals surface area contributed by atoms with Gasteiger partial charge in [-0.1, -0.05) is 51.3 Å². The molecule has 0 radical (unpaired) electrons. The Hall–Kier alpha value is -0.0600. The molecule has 0 spiro atoms. The maximum Gasteiger partial charge on any atom is 0.0991 e. The molecular formula is C13H12BrCl2NS. The van der Waals surface area contributed by atoms with Crippen molar-refractivity contribution >= 4 is 50.5 Å². The second kappa shape index (κ2) is 6.40. The van der Waals surface area contributed by atoms with Crippen molar-refractivity contribution in [3.05, 3.63) is 54.6 Å². The van der Waals surface area contributed by atoms with Crippen LogP contribution in [0.3, 0.4) is 0 Å². The summed E-state index contributed by atoms with van der Waals surface area (Å²) in [5.74, 6) is 0. The molecule has 1 unspecified atom stereocenters. The first-order valence-corrected chi connectivity index (χ1v) is 7.85. The van der Waals surface area contributed by atoms with Crippen LogP contribution in [0.2, 0.25) is 8.67 Å². The first-order chi connectivity index (χ1) is 8.56. The Morgan fingerprint density at radius 2 is 1.94 bits per heavy atom. The molecule has 0 fully saturated rings. The van der Waals surface area contributed by atoms with Crippen LogP contribution < -0.4 is 5.32 Å². The Balaban J connectivity index is 1.98. The van der Waals surface area contributed by atoms with E-state index in [-0.39, 0.29) is 6.04 Å². The molecule has 1 aromatic heterocycles. The van der Waals surface area contributed by atoms with Crippen molar-refractivity contribution in [2.45, 2.75) is 19.5 Å². The van der Waals surface area contributed by atoms with Gasteiger partial charge in [-0.15, -0.1) is 11.3 Å². The molecule has 1 atom stereocenters. The Morgan fingerprint density at radius 3 is 2.50 bits per heavy atom. The predicted molar refractivity (Wildman–Crippen MR) is 83.7 cm³/mol. The zero-order valence-corrected chi connectivity index (χ0v) is 13.6. The molecule has 96 valence electrons. The molecule has 0 aliphatic rings. The lowest BCUT2D eigenvalue weighted by Gasteiger charge is -2.13. The molecule has 0 aliphatic heterocycles.